The predicted molar refractivity (Wildman–Crippen MR) is 68.1 cm³/mol. The fourth-order valence-corrected chi connectivity index (χ4v) is 2.19. The van der Waals surface area contributed by atoms with Gasteiger partial charge >= 0.3 is 6.16 Å². The van der Waals surface area contributed by atoms with Gasteiger partial charge in [0.25, 0.3) is 0 Å². The number of cyclic esters (lactones) is 2. The highest BCUT2D eigenvalue weighted by atomic mass is 16.8. The molecule has 0 amide bonds. The molecule has 0 aromatic carbocycles. The molecule has 1 atom stereocenters. The van der Waals surface area contributed by atoms with Crippen LogP contribution in [0.2, 0.25) is 0 Å². The van der Waals surface area contributed by atoms with E-state index < -0.39 is 6.16 Å². The standard InChI is InChI=1S/C14H26O3/c1-2-3-4-5-6-7-8-9-10-11-13-12-16-14(15)17-13/h13H,2-12H2,1H3. The van der Waals surface area contributed by atoms with Crippen molar-refractivity contribution in [1.29, 1.82) is 0 Å². The molecule has 1 fully saturated rings. The van der Waals surface area contributed by atoms with Crippen LogP contribution in [-0.2, 0) is 9.47 Å². The molecule has 3 heteroatoms. The van der Waals surface area contributed by atoms with Crippen molar-refractivity contribution >= 4 is 6.16 Å². The second kappa shape index (κ2) is 9.32. The summed E-state index contributed by atoms with van der Waals surface area (Å²) >= 11 is 0. The molecule has 1 unspecified atom stereocenters. The highest BCUT2D eigenvalue weighted by molar-refractivity contribution is 5.61. The van der Waals surface area contributed by atoms with Gasteiger partial charge in [0.1, 0.15) is 12.7 Å². The van der Waals surface area contributed by atoms with E-state index in [4.69, 9.17) is 9.47 Å². The summed E-state index contributed by atoms with van der Waals surface area (Å²) in [5.41, 5.74) is 0. The number of hydrogen-bond donors (Lipinski definition) is 0. The van der Waals surface area contributed by atoms with Crippen molar-refractivity contribution < 1.29 is 14.3 Å². The SMILES string of the molecule is CCCCCCCCCCCC1COC(=O)O1. The lowest BCUT2D eigenvalue weighted by atomic mass is 10.1. The third-order valence-corrected chi connectivity index (χ3v) is 3.28. The van der Waals surface area contributed by atoms with Crippen LogP contribution in [0.4, 0.5) is 4.79 Å². The van der Waals surface area contributed by atoms with Crippen LogP contribution in [0.5, 0.6) is 0 Å². The quantitative estimate of drug-likeness (QED) is 0.419. The summed E-state index contributed by atoms with van der Waals surface area (Å²) in [5.74, 6) is 0. The molecule has 3 nitrogen and oxygen atoms in total. The molecule has 0 radical (unpaired) electrons. The van der Waals surface area contributed by atoms with Gasteiger partial charge in [-0.05, 0) is 12.8 Å². The highest BCUT2D eigenvalue weighted by Crippen LogP contribution is 2.15. The fourth-order valence-electron chi connectivity index (χ4n) is 2.19. The highest BCUT2D eigenvalue weighted by Gasteiger charge is 2.23. The summed E-state index contributed by atoms with van der Waals surface area (Å²) in [7, 11) is 0. The molecule has 0 saturated carbocycles. The molecule has 0 spiro atoms. The van der Waals surface area contributed by atoms with Crippen molar-refractivity contribution in [2.24, 2.45) is 0 Å². The summed E-state index contributed by atoms with van der Waals surface area (Å²) in [6.07, 6.45) is 12.4. The third-order valence-electron chi connectivity index (χ3n) is 3.28. The van der Waals surface area contributed by atoms with Crippen molar-refractivity contribution in [3.8, 4) is 0 Å². The number of carbonyl (C=O) groups excluding carboxylic acids is 1. The maximum atomic E-state index is 10.7. The first-order valence-corrected chi connectivity index (χ1v) is 7.16. The second-order valence-corrected chi connectivity index (χ2v) is 4.92. The molecule has 0 bridgehead atoms. The van der Waals surface area contributed by atoms with Gasteiger partial charge < -0.3 is 9.47 Å². The Morgan fingerprint density at radius 1 is 1.00 bits per heavy atom. The van der Waals surface area contributed by atoms with Gasteiger partial charge in [0.15, 0.2) is 0 Å². The van der Waals surface area contributed by atoms with Crippen LogP contribution in [0.25, 0.3) is 0 Å². The molecule has 0 aliphatic carbocycles. The van der Waals surface area contributed by atoms with E-state index in [1.165, 1.54) is 51.4 Å². The number of ether oxygens (including phenoxy) is 2. The van der Waals surface area contributed by atoms with Crippen LogP contribution in [0, 0.1) is 0 Å². The third kappa shape index (κ3) is 7.24. The number of carbonyl (C=O) groups is 1. The largest absolute Gasteiger partial charge is 0.508 e. The van der Waals surface area contributed by atoms with Gasteiger partial charge in [-0.3, -0.25) is 0 Å². The molecule has 1 saturated heterocycles. The van der Waals surface area contributed by atoms with Crippen LogP contribution in [0.3, 0.4) is 0 Å². The summed E-state index contributed by atoms with van der Waals surface area (Å²) in [6.45, 7) is 2.70. The Balaban J connectivity index is 1.77. The zero-order valence-electron chi connectivity index (χ0n) is 11.1. The molecule has 1 rings (SSSR count). The Bertz CT molecular complexity index is 204. The van der Waals surface area contributed by atoms with E-state index in [9.17, 15) is 4.79 Å². The molecule has 100 valence electrons. The predicted octanol–water partition coefficient (Wildman–Crippen LogP) is 4.44. The van der Waals surface area contributed by atoms with Gasteiger partial charge in [0.05, 0.1) is 0 Å². The molecule has 1 aliphatic rings. The molecular formula is C14H26O3. The normalized spacial score (nSPS) is 19.1. The summed E-state index contributed by atoms with van der Waals surface area (Å²) in [5, 5.41) is 0. The van der Waals surface area contributed by atoms with Gasteiger partial charge in [-0.1, -0.05) is 58.3 Å². The van der Waals surface area contributed by atoms with Crippen LogP contribution < -0.4 is 0 Å². The van der Waals surface area contributed by atoms with Gasteiger partial charge in [0, 0.05) is 0 Å². The van der Waals surface area contributed by atoms with E-state index in [1.54, 1.807) is 0 Å². The Morgan fingerprint density at radius 2 is 1.59 bits per heavy atom. The average Bonchev–Trinajstić information content (AvgIpc) is 2.73. The fraction of sp³-hybridized carbons (Fsp3) is 0.929. The number of unbranched alkanes of at least 4 members (excludes halogenated alkanes) is 8. The Hall–Kier alpha value is -0.730. The summed E-state index contributed by atoms with van der Waals surface area (Å²) in [6, 6.07) is 0. The Labute approximate surface area is 105 Å². The molecule has 1 heterocycles. The van der Waals surface area contributed by atoms with E-state index in [2.05, 4.69) is 6.92 Å². The Morgan fingerprint density at radius 3 is 2.12 bits per heavy atom. The van der Waals surface area contributed by atoms with Crippen molar-refractivity contribution in [1.82, 2.24) is 0 Å². The van der Waals surface area contributed by atoms with E-state index in [-0.39, 0.29) is 6.10 Å². The number of hydrogen-bond acceptors (Lipinski definition) is 3. The first-order chi connectivity index (χ1) is 8.33. The summed E-state index contributed by atoms with van der Waals surface area (Å²) < 4.78 is 9.71. The van der Waals surface area contributed by atoms with E-state index >= 15 is 0 Å². The van der Waals surface area contributed by atoms with E-state index in [0.717, 1.165) is 12.8 Å². The first kappa shape index (κ1) is 14.3. The van der Waals surface area contributed by atoms with E-state index in [1.807, 2.05) is 0 Å². The molecule has 0 N–H and O–H groups in total. The van der Waals surface area contributed by atoms with Crippen LogP contribution in [0.15, 0.2) is 0 Å². The molecule has 0 aromatic heterocycles. The maximum absolute atomic E-state index is 10.7. The first-order valence-electron chi connectivity index (χ1n) is 7.16. The summed E-state index contributed by atoms with van der Waals surface area (Å²) in [4.78, 5) is 10.7. The average molecular weight is 242 g/mol. The van der Waals surface area contributed by atoms with Gasteiger partial charge in [0.2, 0.25) is 0 Å². The molecule has 0 aromatic rings. The zero-order valence-corrected chi connectivity index (χ0v) is 11.1. The van der Waals surface area contributed by atoms with Crippen LogP contribution in [0.1, 0.15) is 71.1 Å². The lowest BCUT2D eigenvalue weighted by molar-refractivity contribution is 0.115. The van der Waals surface area contributed by atoms with E-state index in [0.29, 0.717) is 6.61 Å². The minimum Gasteiger partial charge on any atom is -0.430 e. The van der Waals surface area contributed by atoms with Crippen molar-refractivity contribution in [2.45, 2.75) is 77.2 Å². The smallest absolute Gasteiger partial charge is 0.430 e. The minimum absolute atomic E-state index is 0.0204. The van der Waals surface area contributed by atoms with Gasteiger partial charge in [-0.15, -0.1) is 0 Å². The maximum Gasteiger partial charge on any atom is 0.508 e. The minimum atomic E-state index is -0.495. The van der Waals surface area contributed by atoms with Gasteiger partial charge in [-0.25, -0.2) is 4.79 Å². The second-order valence-electron chi connectivity index (χ2n) is 4.92. The number of rotatable bonds is 10. The van der Waals surface area contributed by atoms with Crippen molar-refractivity contribution in [3.63, 3.8) is 0 Å². The Kier molecular flexibility index (Phi) is 7.85. The zero-order chi connectivity index (χ0) is 12.3. The topological polar surface area (TPSA) is 35.5 Å². The van der Waals surface area contributed by atoms with Crippen molar-refractivity contribution in [3.05, 3.63) is 0 Å². The lowest BCUT2D eigenvalue weighted by Gasteiger charge is -2.05. The molecular weight excluding hydrogens is 216 g/mol. The molecule has 17 heavy (non-hydrogen) atoms. The van der Waals surface area contributed by atoms with Gasteiger partial charge in [-0.2, -0.15) is 0 Å². The molecule has 1 aliphatic heterocycles. The van der Waals surface area contributed by atoms with Crippen molar-refractivity contribution in [2.75, 3.05) is 6.61 Å². The van der Waals surface area contributed by atoms with Crippen LogP contribution >= 0.6 is 0 Å². The lowest BCUT2D eigenvalue weighted by Crippen LogP contribution is -2.09. The monoisotopic (exact) mass is 242 g/mol. The van der Waals surface area contributed by atoms with Crippen LogP contribution in [-0.4, -0.2) is 18.9 Å².